The SMILES string of the molecule is Cc1ccc(C)c(NC(=O)/C=C/c2ccc3c(c2)OCO3)c1. The average molecular weight is 295 g/mol. The van der Waals surface area contributed by atoms with E-state index in [4.69, 9.17) is 9.47 Å². The van der Waals surface area contributed by atoms with Gasteiger partial charge in [-0.3, -0.25) is 4.79 Å². The smallest absolute Gasteiger partial charge is 0.248 e. The topological polar surface area (TPSA) is 47.6 Å². The predicted octanol–water partition coefficient (Wildman–Crippen LogP) is 3.68. The number of nitrogens with one attached hydrogen (secondary N) is 1. The van der Waals surface area contributed by atoms with Gasteiger partial charge in [-0.1, -0.05) is 18.2 Å². The number of carbonyl (C=O) groups excluding carboxylic acids is 1. The number of amides is 1. The van der Waals surface area contributed by atoms with Crippen LogP contribution in [0.15, 0.2) is 42.5 Å². The highest BCUT2D eigenvalue weighted by Crippen LogP contribution is 2.32. The standard InChI is InChI=1S/C18H17NO3/c1-12-3-4-13(2)15(9-12)19-18(20)8-6-14-5-7-16-17(10-14)22-11-21-16/h3-10H,11H2,1-2H3,(H,19,20)/b8-6+. The lowest BCUT2D eigenvalue weighted by Crippen LogP contribution is -2.09. The minimum atomic E-state index is -0.161. The predicted molar refractivity (Wildman–Crippen MR) is 86.1 cm³/mol. The zero-order valence-corrected chi connectivity index (χ0v) is 12.6. The van der Waals surface area contributed by atoms with Gasteiger partial charge in [0.2, 0.25) is 12.7 Å². The molecule has 22 heavy (non-hydrogen) atoms. The summed E-state index contributed by atoms with van der Waals surface area (Å²) in [4.78, 5) is 12.0. The molecule has 1 amide bonds. The van der Waals surface area contributed by atoms with Crippen molar-refractivity contribution in [3.63, 3.8) is 0 Å². The number of aryl methyl sites for hydroxylation is 2. The fourth-order valence-electron chi connectivity index (χ4n) is 2.23. The van der Waals surface area contributed by atoms with Gasteiger partial charge in [0.15, 0.2) is 11.5 Å². The largest absolute Gasteiger partial charge is 0.454 e. The highest BCUT2D eigenvalue weighted by Gasteiger charge is 2.12. The molecule has 112 valence electrons. The summed E-state index contributed by atoms with van der Waals surface area (Å²) >= 11 is 0. The molecule has 1 aliphatic heterocycles. The number of hydrogen-bond donors (Lipinski definition) is 1. The zero-order valence-electron chi connectivity index (χ0n) is 12.6. The fourth-order valence-corrected chi connectivity index (χ4v) is 2.23. The number of rotatable bonds is 3. The van der Waals surface area contributed by atoms with Crippen molar-refractivity contribution >= 4 is 17.7 Å². The average Bonchev–Trinajstić information content (AvgIpc) is 2.96. The highest BCUT2D eigenvalue weighted by atomic mass is 16.7. The molecule has 1 heterocycles. The quantitative estimate of drug-likeness (QED) is 0.879. The van der Waals surface area contributed by atoms with E-state index >= 15 is 0 Å². The Morgan fingerprint density at radius 1 is 1.09 bits per heavy atom. The molecule has 0 saturated heterocycles. The Labute approximate surface area is 129 Å². The molecule has 0 aromatic heterocycles. The van der Waals surface area contributed by atoms with Gasteiger partial charge >= 0.3 is 0 Å². The molecular weight excluding hydrogens is 278 g/mol. The summed E-state index contributed by atoms with van der Waals surface area (Å²) in [7, 11) is 0. The van der Waals surface area contributed by atoms with Crippen LogP contribution in [-0.4, -0.2) is 12.7 Å². The van der Waals surface area contributed by atoms with Crippen molar-refractivity contribution in [1.82, 2.24) is 0 Å². The number of fused-ring (bicyclic) bond motifs is 1. The van der Waals surface area contributed by atoms with Crippen molar-refractivity contribution in [2.75, 3.05) is 12.1 Å². The first-order valence-corrected chi connectivity index (χ1v) is 7.08. The van der Waals surface area contributed by atoms with E-state index in [1.165, 1.54) is 6.08 Å². The summed E-state index contributed by atoms with van der Waals surface area (Å²) in [6, 6.07) is 11.5. The van der Waals surface area contributed by atoms with Gasteiger partial charge < -0.3 is 14.8 Å². The molecule has 0 atom stereocenters. The molecule has 0 saturated carbocycles. The summed E-state index contributed by atoms with van der Waals surface area (Å²) < 4.78 is 10.6. The van der Waals surface area contributed by atoms with E-state index in [-0.39, 0.29) is 12.7 Å². The van der Waals surface area contributed by atoms with Crippen molar-refractivity contribution in [3.05, 3.63) is 59.2 Å². The van der Waals surface area contributed by atoms with Crippen LogP contribution in [0, 0.1) is 13.8 Å². The first kappa shape index (κ1) is 14.2. The third-order valence-corrected chi connectivity index (χ3v) is 3.47. The summed E-state index contributed by atoms with van der Waals surface area (Å²) in [6.45, 7) is 4.21. The lowest BCUT2D eigenvalue weighted by Gasteiger charge is -2.07. The summed E-state index contributed by atoms with van der Waals surface area (Å²) in [6.07, 6.45) is 3.27. The third kappa shape index (κ3) is 3.11. The van der Waals surface area contributed by atoms with Crippen LogP contribution < -0.4 is 14.8 Å². The minimum absolute atomic E-state index is 0.161. The Morgan fingerprint density at radius 3 is 2.77 bits per heavy atom. The summed E-state index contributed by atoms with van der Waals surface area (Å²) in [5.41, 5.74) is 3.87. The molecule has 1 aliphatic rings. The monoisotopic (exact) mass is 295 g/mol. The van der Waals surface area contributed by atoms with Gasteiger partial charge in [0, 0.05) is 11.8 Å². The summed E-state index contributed by atoms with van der Waals surface area (Å²) in [5.74, 6) is 1.28. The van der Waals surface area contributed by atoms with Crippen molar-refractivity contribution in [1.29, 1.82) is 0 Å². The Hall–Kier alpha value is -2.75. The normalized spacial score (nSPS) is 12.6. The molecule has 4 nitrogen and oxygen atoms in total. The van der Waals surface area contributed by atoms with Crippen molar-refractivity contribution < 1.29 is 14.3 Å². The Bertz CT molecular complexity index is 750. The maximum absolute atomic E-state index is 12.0. The third-order valence-electron chi connectivity index (χ3n) is 3.47. The second-order valence-corrected chi connectivity index (χ2v) is 5.25. The van der Waals surface area contributed by atoms with E-state index < -0.39 is 0 Å². The van der Waals surface area contributed by atoms with Gasteiger partial charge in [0.05, 0.1) is 0 Å². The van der Waals surface area contributed by atoms with Crippen molar-refractivity contribution in [2.24, 2.45) is 0 Å². The van der Waals surface area contributed by atoms with Gasteiger partial charge in [-0.25, -0.2) is 0 Å². The number of hydrogen-bond acceptors (Lipinski definition) is 3. The second-order valence-electron chi connectivity index (χ2n) is 5.25. The van der Waals surface area contributed by atoms with Crippen molar-refractivity contribution in [3.8, 4) is 11.5 Å². The fraction of sp³-hybridized carbons (Fsp3) is 0.167. The molecule has 0 aliphatic carbocycles. The molecule has 2 aromatic rings. The van der Waals surface area contributed by atoms with Gasteiger partial charge in [-0.2, -0.15) is 0 Å². The molecule has 0 bridgehead atoms. The molecular formula is C18H17NO3. The van der Waals surface area contributed by atoms with Crippen LogP contribution in [0.5, 0.6) is 11.5 Å². The zero-order chi connectivity index (χ0) is 15.5. The maximum atomic E-state index is 12.0. The molecule has 4 heteroatoms. The van der Waals surface area contributed by atoms with Crippen LogP contribution in [-0.2, 0) is 4.79 Å². The maximum Gasteiger partial charge on any atom is 0.248 e. The van der Waals surface area contributed by atoms with Crippen LogP contribution in [0.1, 0.15) is 16.7 Å². The van der Waals surface area contributed by atoms with E-state index in [2.05, 4.69) is 5.32 Å². The molecule has 0 unspecified atom stereocenters. The number of benzene rings is 2. The van der Waals surface area contributed by atoms with E-state index in [0.29, 0.717) is 5.75 Å². The molecule has 0 spiro atoms. The van der Waals surface area contributed by atoms with Crippen LogP contribution in [0.2, 0.25) is 0 Å². The van der Waals surface area contributed by atoms with Crippen LogP contribution in [0.25, 0.3) is 6.08 Å². The number of anilines is 1. The summed E-state index contributed by atoms with van der Waals surface area (Å²) in [5, 5.41) is 2.89. The number of ether oxygens (including phenoxy) is 2. The molecule has 0 radical (unpaired) electrons. The van der Waals surface area contributed by atoms with Crippen molar-refractivity contribution in [2.45, 2.75) is 13.8 Å². The van der Waals surface area contributed by atoms with Gasteiger partial charge in [-0.15, -0.1) is 0 Å². The lowest BCUT2D eigenvalue weighted by molar-refractivity contribution is -0.111. The molecule has 3 rings (SSSR count). The van der Waals surface area contributed by atoms with Gasteiger partial charge in [-0.05, 0) is 54.8 Å². The van der Waals surface area contributed by atoms with E-state index in [1.54, 1.807) is 6.08 Å². The van der Waals surface area contributed by atoms with Crippen LogP contribution in [0.4, 0.5) is 5.69 Å². The number of carbonyl (C=O) groups is 1. The lowest BCUT2D eigenvalue weighted by atomic mass is 10.1. The molecule has 1 N–H and O–H groups in total. The van der Waals surface area contributed by atoms with Gasteiger partial charge in [0.25, 0.3) is 0 Å². The van der Waals surface area contributed by atoms with E-state index in [9.17, 15) is 4.79 Å². The van der Waals surface area contributed by atoms with E-state index in [0.717, 1.165) is 28.1 Å². The van der Waals surface area contributed by atoms with Crippen LogP contribution >= 0.6 is 0 Å². The highest BCUT2D eigenvalue weighted by molar-refractivity contribution is 6.02. The Kier molecular flexibility index (Phi) is 3.83. The van der Waals surface area contributed by atoms with Crippen LogP contribution in [0.3, 0.4) is 0 Å². The second kappa shape index (κ2) is 5.93. The Balaban J connectivity index is 1.70. The minimum Gasteiger partial charge on any atom is -0.454 e. The first-order valence-electron chi connectivity index (χ1n) is 7.08. The van der Waals surface area contributed by atoms with Gasteiger partial charge in [0.1, 0.15) is 0 Å². The van der Waals surface area contributed by atoms with E-state index in [1.807, 2.05) is 50.2 Å². The Morgan fingerprint density at radius 2 is 1.91 bits per heavy atom. The molecule has 2 aromatic carbocycles. The molecule has 0 fully saturated rings. The first-order chi connectivity index (χ1) is 10.6.